The SMILES string of the molecule is COc1cc(SC(C)C)c(OC)cc1CCN.Cl. The van der Waals surface area contributed by atoms with Crippen molar-refractivity contribution in [1.82, 2.24) is 0 Å². The number of ether oxygens (including phenoxy) is 2. The van der Waals surface area contributed by atoms with Gasteiger partial charge in [-0.25, -0.2) is 0 Å². The lowest BCUT2D eigenvalue weighted by atomic mass is 10.1. The highest BCUT2D eigenvalue weighted by Gasteiger charge is 2.12. The van der Waals surface area contributed by atoms with Crippen molar-refractivity contribution in [1.29, 1.82) is 0 Å². The summed E-state index contributed by atoms with van der Waals surface area (Å²) in [6.07, 6.45) is 0.798. The average Bonchev–Trinajstić information content (AvgIpc) is 2.30. The topological polar surface area (TPSA) is 44.5 Å². The zero-order valence-corrected chi connectivity index (χ0v) is 13.0. The summed E-state index contributed by atoms with van der Waals surface area (Å²) < 4.78 is 10.8. The first-order valence-electron chi connectivity index (χ1n) is 5.74. The van der Waals surface area contributed by atoms with Crippen LogP contribution >= 0.6 is 24.2 Å². The Morgan fingerprint density at radius 1 is 1.17 bits per heavy atom. The van der Waals surface area contributed by atoms with Gasteiger partial charge in [0.1, 0.15) is 11.5 Å². The van der Waals surface area contributed by atoms with Crippen molar-refractivity contribution in [2.45, 2.75) is 30.4 Å². The van der Waals surface area contributed by atoms with Gasteiger partial charge in [-0.1, -0.05) is 13.8 Å². The minimum absolute atomic E-state index is 0. The first-order chi connectivity index (χ1) is 8.12. The molecule has 5 heteroatoms. The maximum Gasteiger partial charge on any atom is 0.132 e. The third-order valence-electron chi connectivity index (χ3n) is 2.34. The molecule has 0 spiro atoms. The summed E-state index contributed by atoms with van der Waals surface area (Å²) >= 11 is 1.77. The lowest BCUT2D eigenvalue weighted by Crippen LogP contribution is -2.05. The Morgan fingerprint density at radius 2 is 1.78 bits per heavy atom. The van der Waals surface area contributed by atoms with Gasteiger partial charge in [-0.15, -0.1) is 24.2 Å². The molecule has 0 atom stereocenters. The van der Waals surface area contributed by atoms with Crippen molar-refractivity contribution in [2.24, 2.45) is 5.73 Å². The van der Waals surface area contributed by atoms with Crippen LogP contribution in [0.1, 0.15) is 19.4 Å². The van der Waals surface area contributed by atoms with Gasteiger partial charge in [0, 0.05) is 5.25 Å². The Morgan fingerprint density at radius 3 is 2.22 bits per heavy atom. The van der Waals surface area contributed by atoms with Gasteiger partial charge >= 0.3 is 0 Å². The number of nitrogens with two attached hydrogens (primary N) is 1. The van der Waals surface area contributed by atoms with Crippen LogP contribution in [0.5, 0.6) is 11.5 Å². The van der Waals surface area contributed by atoms with Crippen LogP contribution in [0, 0.1) is 0 Å². The molecule has 0 bridgehead atoms. The third-order valence-corrected chi connectivity index (χ3v) is 3.39. The largest absolute Gasteiger partial charge is 0.496 e. The van der Waals surface area contributed by atoms with E-state index in [4.69, 9.17) is 15.2 Å². The van der Waals surface area contributed by atoms with E-state index < -0.39 is 0 Å². The summed E-state index contributed by atoms with van der Waals surface area (Å²) in [5, 5.41) is 0.508. The highest BCUT2D eigenvalue weighted by Crippen LogP contribution is 2.37. The van der Waals surface area contributed by atoms with Crippen molar-refractivity contribution >= 4 is 24.2 Å². The molecule has 0 saturated carbocycles. The summed E-state index contributed by atoms with van der Waals surface area (Å²) in [5.74, 6) is 1.78. The number of halogens is 1. The van der Waals surface area contributed by atoms with Gasteiger partial charge in [0.25, 0.3) is 0 Å². The van der Waals surface area contributed by atoms with Gasteiger partial charge < -0.3 is 15.2 Å². The summed E-state index contributed by atoms with van der Waals surface area (Å²) in [6, 6.07) is 4.06. The van der Waals surface area contributed by atoms with E-state index in [0.717, 1.165) is 28.4 Å². The van der Waals surface area contributed by atoms with Crippen molar-refractivity contribution in [2.75, 3.05) is 20.8 Å². The molecule has 0 aliphatic carbocycles. The summed E-state index contributed by atoms with van der Waals surface area (Å²) in [4.78, 5) is 1.11. The Labute approximate surface area is 120 Å². The molecule has 3 nitrogen and oxygen atoms in total. The van der Waals surface area contributed by atoms with Crippen LogP contribution in [0.2, 0.25) is 0 Å². The molecule has 0 aliphatic rings. The lowest BCUT2D eigenvalue weighted by Gasteiger charge is -2.15. The molecule has 2 N–H and O–H groups in total. The summed E-state index contributed by atoms with van der Waals surface area (Å²) in [5.41, 5.74) is 6.69. The quantitative estimate of drug-likeness (QED) is 0.818. The summed E-state index contributed by atoms with van der Waals surface area (Å²) in [7, 11) is 3.38. The Hall–Kier alpha value is -0.580. The molecule has 1 aromatic rings. The number of rotatable bonds is 6. The molecule has 0 aromatic heterocycles. The van der Waals surface area contributed by atoms with Crippen LogP contribution in [0.25, 0.3) is 0 Å². The molecule has 0 heterocycles. The van der Waals surface area contributed by atoms with E-state index in [2.05, 4.69) is 13.8 Å². The van der Waals surface area contributed by atoms with Crippen LogP contribution in [0.3, 0.4) is 0 Å². The number of thioether (sulfide) groups is 1. The fourth-order valence-corrected chi connectivity index (χ4v) is 2.57. The van der Waals surface area contributed by atoms with E-state index >= 15 is 0 Å². The molecule has 104 valence electrons. The Balaban J connectivity index is 0.00000289. The maximum absolute atomic E-state index is 5.59. The molecular formula is C13H22ClNO2S. The predicted molar refractivity (Wildman–Crippen MR) is 80.5 cm³/mol. The molecule has 0 radical (unpaired) electrons. The molecule has 18 heavy (non-hydrogen) atoms. The molecule has 0 fully saturated rings. The second-order valence-electron chi connectivity index (χ2n) is 4.02. The average molecular weight is 292 g/mol. The van der Waals surface area contributed by atoms with Crippen molar-refractivity contribution in [3.63, 3.8) is 0 Å². The van der Waals surface area contributed by atoms with Gasteiger partial charge in [-0.2, -0.15) is 0 Å². The maximum atomic E-state index is 5.59. The van der Waals surface area contributed by atoms with Crippen LogP contribution in [0.4, 0.5) is 0 Å². The van der Waals surface area contributed by atoms with Crippen LogP contribution in [0.15, 0.2) is 17.0 Å². The molecular weight excluding hydrogens is 270 g/mol. The second-order valence-corrected chi connectivity index (χ2v) is 5.64. The van der Waals surface area contributed by atoms with E-state index in [-0.39, 0.29) is 12.4 Å². The minimum atomic E-state index is 0. The molecule has 1 rings (SSSR count). The van der Waals surface area contributed by atoms with E-state index in [9.17, 15) is 0 Å². The standard InChI is InChI=1S/C13H21NO2S.ClH/c1-9(2)17-13-8-11(15-3)10(5-6-14)7-12(13)16-4;/h7-9H,5-6,14H2,1-4H3;1H. The molecule has 1 aromatic carbocycles. The van der Waals surface area contributed by atoms with E-state index in [0.29, 0.717) is 11.8 Å². The summed E-state index contributed by atoms with van der Waals surface area (Å²) in [6.45, 7) is 4.92. The minimum Gasteiger partial charge on any atom is -0.496 e. The van der Waals surface area contributed by atoms with Crippen molar-refractivity contribution in [3.05, 3.63) is 17.7 Å². The smallest absolute Gasteiger partial charge is 0.132 e. The predicted octanol–water partition coefficient (Wildman–Crippen LogP) is 3.13. The van der Waals surface area contributed by atoms with Crippen molar-refractivity contribution < 1.29 is 9.47 Å². The van der Waals surface area contributed by atoms with Gasteiger partial charge in [0.2, 0.25) is 0 Å². The molecule has 0 aliphatic heterocycles. The number of hydrogen-bond acceptors (Lipinski definition) is 4. The number of benzene rings is 1. The fourth-order valence-electron chi connectivity index (χ4n) is 1.63. The fraction of sp³-hybridized carbons (Fsp3) is 0.538. The molecule has 0 saturated heterocycles. The van der Waals surface area contributed by atoms with E-state index in [1.165, 1.54) is 0 Å². The first-order valence-corrected chi connectivity index (χ1v) is 6.62. The zero-order chi connectivity index (χ0) is 12.8. The Kier molecular flexibility index (Phi) is 8.24. The van der Waals surface area contributed by atoms with Crippen molar-refractivity contribution in [3.8, 4) is 11.5 Å². The normalized spacial score (nSPS) is 10.1. The number of methoxy groups -OCH3 is 2. The lowest BCUT2D eigenvalue weighted by molar-refractivity contribution is 0.390. The van der Waals surface area contributed by atoms with E-state index in [1.54, 1.807) is 26.0 Å². The number of hydrogen-bond donors (Lipinski definition) is 1. The molecule has 0 amide bonds. The van der Waals surface area contributed by atoms with Gasteiger partial charge in [-0.05, 0) is 30.7 Å². The second kappa shape index (κ2) is 8.51. The first kappa shape index (κ1) is 17.4. The van der Waals surface area contributed by atoms with E-state index in [1.807, 2.05) is 12.1 Å². The monoisotopic (exact) mass is 291 g/mol. The van der Waals surface area contributed by atoms with Gasteiger partial charge in [0.15, 0.2) is 0 Å². The van der Waals surface area contributed by atoms with Crippen LogP contribution in [-0.2, 0) is 6.42 Å². The highest BCUT2D eigenvalue weighted by atomic mass is 35.5. The zero-order valence-electron chi connectivity index (χ0n) is 11.4. The van der Waals surface area contributed by atoms with Crippen LogP contribution < -0.4 is 15.2 Å². The highest BCUT2D eigenvalue weighted by molar-refractivity contribution is 8.00. The Bertz CT molecular complexity index is 372. The van der Waals surface area contributed by atoms with Gasteiger partial charge in [-0.3, -0.25) is 0 Å². The van der Waals surface area contributed by atoms with Gasteiger partial charge in [0.05, 0.1) is 19.1 Å². The van der Waals surface area contributed by atoms with Crippen LogP contribution in [-0.4, -0.2) is 26.0 Å². The third kappa shape index (κ3) is 4.59. The molecule has 0 unspecified atom stereocenters.